The van der Waals surface area contributed by atoms with E-state index in [0.717, 1.165) is 11.3 Å². The van der Waals surface area contributed by atoms with Crippen molar-refractivity contribution in [3.63, 3.8) is 0 Å². The second-order valence-electron chi connectivity index (χ2n) is 4.44. The molecule has 5 heteroatoms. The first kappa shape index (κ1) is 12.2. The summed E-state index contributed by atoms with van der Waals surface area (Å²) < 4.78 is 4.91. The van der Waals surface area contributed by atoms with Crippen LogP contribution in [0.15, 0.2) is 57.7 Å². The van der Waals surface area contributed by atoms with Crippen LogP contribution in [-0.2, 0) is 11.2 Å². The van der Waals surface area contributed by atoms with Crippen LogP contribution >= 0.6 is 0 Å². The summed E-state index contributed by atoms with van der Waals surface area (Å²) in [5.41, 5.74) is 2.65. The second-order valence-corrected chi connectivity index (χ2v) is 4.44. The molecule has 2 N–H and O–H groups in total. The van der Waals surface area contributed by atoms with Gasteiger partial charge in [-0.3, -0.25) is 9.78 Å². The van der Waals surface area contributed by atoms with Crippen LogP contribution in [0.1, 0.15) is 5.56 Å². The Bertz CT molecular complexity index is 803. The lowest BCUT2D eigenvalue weighted by atomic mass is 10.1. The topological polar surface area (TPSA) is 75.1 Å². The van der Waals surface area contributed by atoms with E-state index in [-0.39, 0.29) is 12.3 Å². The smallest absolute Gasteiger partial charge is 0.408 e. The van der Waals surface area contributed by atoms with Crippen LogP contribution in [-0.4, -0.2) is 10.9 Å². The average Bonchev–Trinajstić information content (AvgIpc) is 2.79. The number of oxazole rings is 1. The Morgan fingerprint density at radius 3 is 2.75 bits per heavy atom. The summed E-state index contributed by atoms with van der Waals surface area (Å²) in [4.78, 5) is 25.5. The van der Waals surface area contributed by atoms with E-state index in [4.69, 9.17) is 4.42 Å². The SMILES string of the molecule is O=C(Cc1ccc2oc(=O)[nH]c2c1)Nc1ccccc1. The molecule has 0 saturated carbocycles. The quantitative estimate of drug-likeness (QED) is 0.765. The third-order valence-corrected chi connectivity index (χ3v) is 2.91. The number of amides is 1. The van der Waals surface area contributed by atoms with Gasteiger partial charge in [0.15, 0.2) is 5.58 Å². The van der Waals surface area contributed by atoms with Crippen LogP contribution in [0.4, 0.5) is 5.69 Å². The Kier molecular flexibility index (Phi) is 3.09. The molecule has 0 bridgehead atoms. The number of hydrogen-bond donors (Lipinski definition) is 2. The first-order chi connectivity index (χ1) is 9.70. The molecular formula is C15H12N2O3. The van der Waals surface area contributed by atoms with E-state index in [1.165, 1.54) is 0 Å². The van der Waals surface area contributed by atoms with Crippen molar-refractivity contribution in [2.75, 3.05) is 5.32 Å². The van der Waals surface area contributed by atoms with E-state index in [0.29, 0.717) is 11.1 Å². The second kappa shape index (κ2) is 5.05. The molecular weight excluding hydrogens is 256 g/mol. The summed E-state index contributed by atoms with van der Waals surface area (Å²) in [5, 5.41) is 2.81. The summed E-state index contributed by atoms with van der Waals surface area (Å²) in [7, 11) is 0. The number of aromatic amines is 1. The lowest BCUT2D eigenvalue weighted by Gasteiger charge is -2.04. The largest absolute Gasteiger partial charge is 0.417 e. The van der Waals surface area contributed by atoms with Gasteiger partial charge in [-0.2, -0.15) is 0 Å². The van der Waals surface area contributed by atoms with Crippen molar-refractivity contribution in [3.05, 3.63) is 64.6 Å². The van der Waals surface area contributed by atoms with Crippen LogP contribution < -0.4 is 11.1 Å². The highest BCUT2D eigenvalue weighted by Gasteiger charge is 2.07. The van der Waals surface area contributed by atoms with Crippen molar-refractivity contribution in [3.8, 4) is 0 Å². The molecule has 0 saturated heterocycles. The van der Waals surface area contributed by atoms with Crippen LogP contribution in [0.3, 0.4) is 0 Å². The highest BCUT2D eigenvalue weighted by molar-refractivity contribution is 5.92. The molecule has 1 aromatic heterocycles. The third kappa shape index (κ3) is 2.61. The van der Waals surface area contributed by atoms with Crippen LogP contribution in [0, 0.1) is 0 Å². The zero-order valence-electron chi connectivity index (χ0n) is 10.6. The first-order valence-electron chi connectivity index (χ1n) is 6.17. The Morgan fingerprint density at radius 1 is 1.15 bits per heavy atom. The molecule has 0 spiro atoms. The monoisotopic (exact) mass is 268 g/mol. The van der Waals surface area contributed by atoms with Gasteiger partial charge in [0.25, 0.3) is 0 Å². The molecule has 3 rings (SSSR count). The van der Waals surface area contributed by atoms with Gasteiger partial charge >= 0.3 is 5.76 Å². The maximum atomic E-state index is 11.9. The number of carbonyl (C=O) groups is 1. The average molecular weight is 268 g/mol. The molecule has 0 radical (unpaired) electrons. The van der Waals surface area contributed by atoms with E-state index in [1.54, 1.807) is 18.2 Å². The Labute approximate surface area is 114 Å². The Balaban J connectivity index is 1.75. The molecule has 1 amide bonds. The molecule has 0 unspecified atom stereocenters. The van der Waals surface area contributed by atoms with Gasteiger partial charge in [-0.25, -0.2) is 4.79 Å². The fourth-order valence-corrected chi connectivity index (χ4v) is 2.02. The minimum Gasteiger partial charge on any atom is -0.408 e. The molecule has 0 aliphatic carbocycles. The van der Waals surface area contributed by atoms with Crippen molar-refractivity contribution in [2.45, 2.75) is 6.42 Å². The number of aromatic nitrogens is 1. The van der Waals surface area contributed by atoms with Gasteiger partial charge in [-0.15, -0.1) is 0 Å². The van der Waals surface area contributed by atoms with E-state index >= 15 is 0 Å². The van der Waals surface area contributed by atoms with Gasteiger partial charge in [0.05, 0.1) is 11.9 Å². The fourth-order valence-electron chi connectivity index (χ4n) is 2.02. The molecule has 2 aromatic carbocycles. The normalized spacial score (nSPS) is 10.6. The maximum absolute atomic E-state index is 11.9. The molecule has 1 heterocycles. The lowest BCUT2D eigenvalue weighted by Crippen LogP contribution is -2.14. The fraction of sp³-hybridized carbons (Fsp3) is 0.0667. The molecule has 0 atom stereocenters. The maximum Gasteiger partial charge on any atom is 0.417 e. The first-order valence-corrected chi connectivity index (χ1v) is 6.17. The molecule has 100 valence electrons. The van der Waals surface area contributed by atoms with Crippen molar-refractivity contribution in [1.82, 2.24) is 4.98 Å². The highest BCUT2D eigenvalue weighted by Crippen LogP contribution is 2.13. The van der Waals surface area contributed by atoms with Crippen molar-refractivity contribution < 1.29 is 9.21 Å². The van der Waals surface area contributed by atoms with Gasteiger partial charge in [-0.1, -0.05) is 24.3 Å². The van der Waals surface area contributed by atoms with Crippen molar-refractivity contribution >= 4 is 22.7 Å². The predicted molar refractivity (Wildman–Crippen MR) is 75.6 cm³/mol. The molecule has 20 heavy (non-hydrogen) atoms. The number of H-pyrrole nitrogens is 1. The number of carbonyl (C=O) groups excluding carboxylic acids is 1. The van der Waals surface area contributed by atoms with Crippen LogP contribution in [0.25, 0.3) is 11.1 Å². The van der Waals surface area contributed by atoms with Gasteiger partial charge in [0.2, 0.25) is 5.91 Å². The number of benzene rings is 2. The van der Waals surface area contributed by atoms with E-state index in [1.807, 2.05) is 30.3 Å². The lowest BCUT2D eigenvalue weighted by molar-refractivity contribution is -0.115. The van der Waals surface area contributed by atoms with Crippen molar-refractivity contribution in [1.29, 1.82) is 0 Å². The predicted octanol–water partition coefficient (Wildman–Crippen LogP) is 2.30. The summed E-state index contributed by atoms with van der Waals surface area (Å²) >= 11 is 0. The third-order valence-electron chi connectivity index (χ3n) is 2.91. The van der Waals surface area contributed by atoms with E-state index in [2.05, 4.69) is 10.3 Å². The van der Waals surface area contributed by atoms with Gasteiger partial charge in [0.1, 0.15) is 0 Å². The number of nitrogens with one attached hydrogen (secondary N) is 2. The summed E-state index contributed by atoms with van der Waals surface area (Å²) in [6.07, 6.45) is 0.234. The van der Waals surface area contributed by atoms with Crippen molar-refractivity contribution in [2.24, 2.45) is 0 Å². The van der Waals surface area contributed by atoms with E-state index in [9.17, 15) is 9.59 Å². The van der Waals surface area contributed by atoms with Gasteiger partial charge < -0.3 is 9.73 Å². The number of rotatable bonds is 3. The highest BCUT2D eigenvalue weighted by atomic mass is 16.4. The summed E-state index contributed by atoms with van der Waals surface area (Å²) in [6, 6.07) is 14.4. The Morgan fingerprint density at radius 2 is 1.95 bits per heavy atom. The molecule has 0 aliphatic heterocycles. The van der Waals surface area contributed by atoms with E-state index < -0.39 is 5.76 Å². The molecule has 0 aliphatic rings. The summed E-state index contributed by atoms with van der Waals surface area (Å²) in [5.74, 6) is -0.604. The molecule has 0 fully saturated rings. The van der Waals surface area contributed by atoms with Gasteiger partial charge in [-0.05, 0) is 29.8 Å². The zero-order valence-corrected chi connectivity index (χ0v) is 10.6. The Hall–Kier alpha value is -2.82. The number of fused-ring (bicyclic) bond motifs is 1. The van der Waals surface area contributed by atoms with Crippen LogP contribution in [0.5, 0.6) is 0 Å². The summed E-state index contributed by atoms with van der Waals surface area (Å²) in [6.45, 7) is 0. The zero-order chi connectivity index (χ0) is 13.9. The van der Waals surface area contributed by atoms with Gasteiger partial charge in [0, 0.05) is 5.69 Å². The molecule has 5 nitrogen and oxygen atoms in total. The standard InChI is InChI=1S/C15H12N2O3/c18-14(16-11-4-2-1-3-5-11)9-10-6-7-13-12(8-10)17-15(19)20-13/h1-8H,9H2,(H,16,18)(H,17,19). The molecule has 3 aromatic rings. The number of para-hydroxylation sites is 1. The number of anilines is 1. The number of hydrogen-bond acceptors (Lipinski definition) is 3. The van der Waals surface area contributed by atoms with Crippen LogP contribution in [0.2, 0.25) is 0 Å². The minimum absolute atomic E-state index is 0.110. The minimum atomic E-state index is -0.495.